The summed E-state index contributed by atoms with van der Waals surface area (Å²) >= 11 is 0. The molecule has 2 aliphatic rings. The van der Waals surface area contributed by atoms with E-state index in [0.717, 1.165) is 12.5 Å². The summed E-state index contributed by atoms with van der Waals surface area (Å²) in [6.07, 6.45) is 11.8. The topological polar surface area (TPSA) is 29.0 Å². The van der Waals surface area contributed by atoms with Crippen LogP contribution in [0.3, 0.4) is 0 Å². The molecule has 0 N–H and O–H groups in total. The minimum Gasteiger partial charge on any atom is -0.331 e. The van der Waals surface area contributed by atoms with Crippen LogP contribution in [0.1, 0.15) is 27.2 Å². The first-order valence-corrected chi connectivity index (χ1v) is 7.04. The molecule has 2 aliphatic carbocycles. The van der Waals surface area contributed by atoms with Gasteiger partial charge in [0.15, 0.2) is 0 Å². The number of hydrogen-bond donors (Lipinski definition) is 0. The molecule has 0 bridgehead atoms. The van der Waals surface area contributed by atoms with Gasteiger partial charge >= 0.3 is 0 Å². The average molecular weight is 255 g/mol. The SMILES string of the molecule is CC1=CC2CC2(N(CC(C)C)c2ncccn2)C=C1. The van der Waals surface area contributed by atoms with Crippen molar-refractivity contribution in [1.29, 1.82) is 0 Å². The zero-order chi connectivity index (χ0) is 13.5. The van der Waals surface area contributed by atoms with Gasteiger partial charge in [-0.2, -0.15) is 0 Å². The average Bonchev–Trinajstić information content (AvgIpc) is 3.11. The number of allylic oxidation sites excluding steroid dienone is 2. The normalized spacial score (nSPS) is 28.0. The summed E-state index contributed by atoms with van der Waals surface area (Å²) in [5.74, 6) is 2.08. The molecule has 0 amide bonds. The van der Waals surface area contributed by atoms with Crippen LogP contribution < -0.4 is 4.90 Å². The molecule has 1 aromatic heterocycles. The first kappa shape index (κ1) is 12.4. The van der Waals surface area contributed by atoms with Crippen LogP contribution in [0.5, 0.6) is 0 Å². The third-order valence-electron chi connectivity index (χ3n) is 3.97. The fourth-order valence-electron chi connectivity index (χ4n) is 2.97. The lowest BCUT2D eigenvalue weighted by Crippen LogP contribution is -2.42. The minimum atomic E-state index is 0.130. The minimum absolute atomic E-state index is 0.130. The van der Waals surface area contributed by atoms with Crippen LogP contribution in [-0.2, 0) is 0 Å². The van der Waals surface area contributed by atoms with Crippen molar-refractivity contribution in [3.05, 3.63) is 42.3 Å². The summed E-state index contributed by atoms with van der Waals surface area (Å²) in [4.78, 5) is 11.3. The van der Waals surface area contributed by atoms with Gasteiger partial charge in [0, 0.05) is 24.9 Å². The molecule has 1 heterocycles. The van der Waals surface area contributed by atoms with Crippen molar-refractivity contribution >= 4 is 5.95 Å². The van der Waals surface area contributed by atoms with Gasteiger partial charge in [0.25, 0.3) is 0 Å². The number of rotatable bonds is 4. The maximum absolute atomic E-state index is 4.46. The van der Waals surface area contributed by atoms with E-state index in [1.54, 1.807) is 0 Å². The molecule has 0 aliphatic heterocycles. The van der Waals surface area contributed by atoms with Crippen molar-refractivity contribution < 1.29 is 0 Å². The number of nitrogens with zero attached hydrogens (tertiary/aromatic N) is 3. The fourth-order valence-corrected chi connectivity index (χ4v) is 2.97. The highest BCUT2D eigenvalue weighted by molar-refractivity contribution is 5.51. The molecule has 0 radical (unpaired) electrons. The summed E-state index contributed by atoms with van der Waals surface area (Å²) < 4.78 is 0. The van der Waals surface area contributed by atoms with E-state index in [1.165, 1.54) is 12.0 Å². The third kappa shape index (κ3) is 2.18. The largest absolute Gasteiger partial charge is 0.331 e. The fraction of sp³-hybridized carbons (Fsp3) is 0.500. The Balaban J connectivity index is 1.92. The summed E-state index contributed by atoms with van der Waals surface area (Å²) in [6, 6.07) is 1.87. The van der Waals surface area contributed by atoms with Crippen LogP contribution in [0, 0.1) is 11.8 Å². The van der Waals surface area contributed by atoms with Gasteiger partial charge in [-0.1, -0.05) is 37.6 Å². The van der Waals surface area contributed by atoms with E-state index >= 15 is 0 Å². The van der Waals surface area contributed by atoms with Crippen LogP contribution in [0.15, 0.2) is 42.3 Å². The van der Waals surface area contributed by atoms with Crippen molar-refractivity contribution in [1.82, 2.24) is 9.97 Å². The molecule has 1 fully saturated rings. The Morgan fingerprint density at radius 3 is 2.74 bits per heavy atom. The van der Waals surface area contributed by atoms with E-state index in [0.29, 0.717) is 11.8 Å². The Kier molecular flexibility index (Phi) is 2.92. The first-order chi connectivity index (χ1) is 9.12. The van der Waals surface area contributed by atoms with Gasteiger partial charge in [-0.15, -0.1) is 0 Å². The van der Waals surface area contributed by atoms with Gasteiger partial charge in [0.2, 0.25) is 5.95 Å². The van der Waals surface area contributed by atoms with Gasteiger partial charge in [0.1, 0.15) is 0 Å². The molecule has 19 heavy (non-hydrogen) atoms. The van der Waals surface area contributed by atoms with E-state index in [-0.39, 0.29) is 5.54 Å². The van der Waals surface area contributed by atoms with Crippen LogP contribution in [0.25, 0.3) is 0 Å². The zero-order valence-corrected chi connectivity index (χ0v) is 11.9. The Bertz CT molecular complexity index is 518. The van der Waals surface area contributed by atoms with E-state index in [9.17, 15) is 0 Å². The smallest absolute Gasteiger partial charge is 0.225 e. The Hall–Kier alpha value is -1.64. The van der Waals surface area contributed by atoms with Crippen LogP contribution in [0.4, 0.5) is 5.95 Å². The van der Waals surface area contributed by atoms with Crippen molar-refractivity contribution in [2.24, 2.45) is 11.8 Å². The van der Waals surface area contributed by atoms with E-state index in [4.69, 9.17) is 0 Å². The number of aromatic nitrogens is 2. The summed E-state index contributed by atoms with van der Waals surface area (Å²) in [6.45, 7) is 7.66. The van der Waals surface area contributed by atoms with E-state index in [2.05, 4.69) is 53.9 Å². The Morgan fingerprint density at radius 1 is 1.37 bits per heavy atom. The van der Waals surface area contributed by atoms with Gasteiger partial charge in [-0.25, -0.2) is 9.97 Å². The van der Waals surface area contributed by atoms with Crippen molar-refractivity contribution in [3.8, 4) is 0 Å². The van der Waals surface area contributed by atoms with E-state index < -0.39 is 0 Å². The monoisotopic (exact) mass is 255 g/mol. The lowest BCUT2D eigenvalue weighted by atomic mass is 10.0. The molecular weight excluding hydrogens is 234 g/mol. The molecule has 1 aromatic rings. The van der Waals surface area contributed by atoms with Crippen molar-refractivity contribution in [2.75, 3.05) is 11.4 Å². The molecule has 0 spiro atoms. The summed E-state index contributed by atoms with van der Waals surface area (Å²) in [7, 11) is 0. The number of fused-ring (bicyclic) bond motifs is 1. The lowest BCUT2D eigenvalue weighted by Gasteiger charge is -2.33. The molecule has 2 unspecified atom stereocenters. The van der Waals surface area contributed by atoms with Crippen LogP contribution in [0.2, 0.25) is 0 Å². The number of hydrogen-bond acceptors (Lipinski definition) is 3. The molecule has 100 valence electrons. The molecule has 0 saturated heterocycles. The molecule has 3 heteroatoms. The first-order valence-electron chi connectivity index (χ1n) is 7.04. The summed E-state index contributed by atoms with van der Waals surface area (Å²) in [5, 5.41) is 0. The predicted molar refractivity (Wildman–Crippen MR) is 78.0 cm³/mol. The van der Waals surface area contributed by atoms with Crippen molar-refractivity contribution in [3.63, 3.8) is 0 Å². The lowest BCUT2D eigenvalue weighted by molar-refractivity contribution is 0.545. The van der Waals surface area contributed by atoms with Gasteiger partial charge in [-0.05, 0) is 25.3 Å². The quantitative estimate of drug-likeness (QED) is 0.827. The van der Waals surface area contributed by atoms with Gasteiger partial charge in [-0.3, -0.25) is 0 Å². The van der Waals surface area contributed by atoms with Gasteiger partial charge < -0.3 is 4.90 Å². The highest BCUT2D eigenvalue weighted by Crippen LogP contribution is 2.54. The molecule has 1 saturated carbocycles. The van der Waals surface area contributed by atoms with Crippen LogP contribution >= 0.6 is 0 Å². The zero-order valence-electron chi connectivity index (χ0n) is 11.9. The molecule has 3 nitrogen and oxygen atoms in total. The van der Waals surface area contributed by atoms with Crippen molar-refractivity contribution in [2.45, 2.75) is 32.7 Å². The second-order valence-electron chi connectivity index (χ2n) is 6.10. The predicted octanol–water partition coefficient (Wildman–Crippen LogP) is 3.21. The van der Waals surface area contributed by atoms with E-state index in [1.807, 2.05) is 18.5 Å². The molecule has 2 atom stereocenters. The highest BCUT2D eigenvalue weighted by Gasteiger charge is 2.57. The molecule has 0 aromatic carbocycles. The molecular formula is C16H21N3. The third-order valence-corrected chi connectivity index (χ3v) is 3.97. The second kappa shape index (κ2) is 4.48. The highest BCUT2D eigenvalue weighted by atomic mass is 15.3. The maximum atomic E-state index is 4.46. The standard InChI is InChI=1S/C16H21N3/c1-12(2)11-19(15-17-7-4-8-18-15)16-6-5-13(3)9-14(16)10-16/h4-9,12,14H,10-11H2,1-3H3. The number of anilines is 1. The summed E-state index contributed by atoms with van der Waals surface area (Å²) in [5.41, 5.74) is 1.50. The Labute approximate surface area is 115 Å². The van der Waals surface area contributed by atoms with Gasteiger partial charge in [0.05, 0.1) is 5.54 Å². The maximum Gasteiger partial charge on any atom is 0.225 e. The second-order valence-corrected chi connectivity index (χ2v) is 6.10. The Morgan fingerprint density at radius 2 is 2.11 bits per heavy atom. The molecule has 3 rings (SSSR count). The van der Waals surface area contributed by atoms with Crippen LogP contribution in [-0.4, -0.2) is 22.1 Å².